The van der Waals surface area contributed by atoms with E-state index in [9.17, 15) is 0 Å². The molecule has 0 aromatic carbocycles. The SMILES string of the molecule is CCCCCCCCCC(CCC)CNCCC. The van der Waals surface area contributed by atoms with Crippen molar-refractivity contribution in [3.8, 4) is 0 Å². The van der Waals surface area contributed by atoms with E-state index >= 15 is 0 Å². The first-order valence-electron chi connectivity index (χ1n) is 8.55. The van der Waals surface area contributed by atoms with Crippen LogP contribution < -0.4 is 5.32 Å². The molecule has 0 heterocycles. The first-order valence-corrected chi connectivity index (χ1v) is 8.55. The summed E-state index contributed by atoms with van der Waals surface area (Å²) in [7, 11) is 0. The van der Waals surface area contributed by atoms with Gasteiger partial charge >= 0.3 is 0 Å². The Morgan fingerprint density at radius 2 is 1.33 bits per heavy atom. The van der Waals surface area contributed by atoms with Crippen LogP contribution in [0.1, 0.15) is 91.4 Å². The first kappa shape index (κ1) is 18.0. The summed E-state index contributed by atoms with van der Waals surface area (Å²) in [5, 5.41) is 3.59. The lowest BCUT2D eigenvalue weighted by atomic mass is 9.96. The van der Waals surface area contributed by atoms with Gasteiger partial charge in [0.15, 0.2) is 0 Å². The summed E-state index contributed by atoms with van der Waals surface area (Å²) in [6, 6.07) is 0. The van der Waals surface area contributed by atoms with Crippen molar-refractivity contribution in [1.29, 1.82) is 0 Å². The number of hydrogen-bond donors (Lipinski definition) is 1. The quantitative estimate of drug-likeness (QED) is 0.402. The van der Waals surface area contributed by atoms with Crippen LogP contribution in [-0.2, 0) is 0 Å². The van der Waals surface area contributed by atoms with Crippen LogP contribution >= 0.6 is 0 Å². The summed E-state index contributed by atoms with van der Waals surface area (Å²) in [6.45, 7) is 9.29. The van der Waals surface area contributed by atoms with Crippen molar-refractivity contribution in [2.24, 2.45) is 5.92 Å². The number of hydrogen-bond acceptors (Lipinski definition) is 1. The zero-order valence-electron chi connectivity index (χ0n) is 13.3. The smallest absolute Gasteiger partial charge is 0.00205 e. The Hall–Kier alpha value is -0.0400. The van der Waals surface area contributed by atoms with E-state index in [-0.39, 0.29) is 0 Å². The highest BCUT2D eigenvalue weighted by atomic mass is 14.8. The molecule has 0 fully saturated rings. The lowest BCUT2D eigenvalue weighted by Crippen LogP contribution is -2.23. The minimum absolute atomic E-state index is 0.928. The second-order valence-corrected chi connectivity index (χ2v) is 5.77. The fourth-order valence-corrected chi connectivity index (χ4v) is 2.63. The average Bonchev–Trinajstić information content (AvgIpc) is 2.38. The maximum absolute atomic E-state index is 3.59. The van der Waals surface area contributed by atoms with Crippen molar-refractivity contribution in [2.45, 2.75) is 91.4 Å². The number of rotatable bonds is 14. The normalized spacial score (nSPS) is 12.8. The van der Waals surface area contributed by atoms with Crippen LogP contribution in [0.15, 0.2) is 0 Å². The maximum Gasteiger partial charge on any atom is -0.00205 e. The van der Waals surface area contributed by atoms with E-state index < -0.39 is 0 Å². The van der Waals surface area contributed by atoms with Crippen LogP contribution in [-0.4, -0.2) is 13.1 Å². The van der Waals surface area contributed by atoms with E-state index in [0.717, 1.165) is 5.92 Å². The molecule has 110 valence electrons. The zero-order chi connectivity index (χ0) is 13.5. The first-order chi connectivity index (χ1) is 8.85. The molecule has 0 rings (SSSR count). The van der Waals surface area contributed by atoms with Gasteiger partial charge in [0, 0.05) is 0 Å². The highest BCUT2D eigenvalue weighted by Crippen LogP contribution is 2.16. The van der Waals surface area contributed by atoms with E-state index in [2.05, 4.69) is 26.1 Å². The third kappa shape index (κ3) is 12.4. The minimum atomic E-state index is 0.928. The molecule has 0 aliphatic heterocycles. The van der Waals surface area contributed by atoms with Crippen molar-refractivity contribution in [3.05, 3.63) is 0 Å². The Morgan fingerprint density at radius 3 is 1.94 bits per heavy atom. The molecule has 1 atom stereocenters. The van der Waals surface area contributed by atoms with Crippen LogP contribution in [0.3, 0.4) is 0 Å². The van der Waals surface area contributed by atoms with Crippen LogP contribution in [0.5, 0.6) is 0 Å². The molecule has 0 aromatic rings. The maximum atomic E-state index is 3.59. The summed E-state index contributed by atoms with van der Waals surface area (Å²) in [6.07, 6.45) is 15.5. The number of nitrogens with one attached hydrogen (secondary N) is 1. The van der Waals surface area contributed by atoms with Gasteiger partial charge in [-0.3, -0.25) is 0 Å². The third-order valence-corrected chi connectivity index (χ3v) is 3.77. The van der Waals surface area contributed by atoms with E-state index in [1.807, 2.05) is 0 Å². The van der Waals surface area contributed by atoms with E-state index in [0.29, 0.717) is 0 Å². The molecule has 0 bridgehead atoms. The van der Waals surface area contributed by atoms with Crippen LogP contribution in [0.2, 0.25) is 0 Å². The molecule has 0 saturated heterocycles. The molecule has 0 radical (unpaired) electrons. The molecule has 1 N–H and O–H groups in total. The second-order valence-electron chi connectivity index (χ2n) is 5.77. The largest absolute Gasteiger partial charge is 0.316 e. The van der Waals surface area contributed by atoms with Gasteiger partial charge in [0.05, 0.1) is 0 Å². The van der Waals surface area contributed by atoms with E-state index in [1.54, 1.807) is 0 Å². The van der Waals surface area contributed by atoms with Gasteiger partial charge in [0.25, 0.3) is 0 Å². The van der Waals surface area contributed by atoms with Gasteiger partial charge in [-0.2, -0.15) is 0 Å². The van der Waals surface area contributed by atoms with Gasteiger partial charge in [-0.05, 0) is 38.3 Å². The van der Waals surface area contributed by atoms with Gasteiger partial charge in [-0.1, -0.05) is 72.1 Å². The van der Waals surface area contributed by atoms with Crippen molar-refractivity contribution in [2.75, 3.05) is 13.1 Å². The molecule has 0 aliphatic rings. The highest BCUT2D eigenvalue weighted by molar-refractivity contribution is 4.62. The monoisotopic (exact) mass is 255 g/mol. The molecule has 0 amide bonds. The second kappa shape index (κ2) is 15.0. The van der Waals surface area contributed by atoms with Crippen molar-refractivity contribution >= 4 is 0 Å². The van der Waals surface area contributed by atoms with Gasteiger partial charge < -0.3 is 5.32 Å². The number of unbranched alkanes of at least 4 members (excludes halogenated alkanes) is 6. The third-order valence-electron chi connectivity index (χ3n) is 3.77. The lowest BCUT2D eigenvalue weighted by molar-refractivity contribution is 0.395. The fourth-order valence-electron chi connectivity index (χ4n) is 2.63. The van der Waals surface area contributed by atoms with Gasteiger partial charge in [-0.15, -0.1) is 0 Å². The van der Waals surface area contributed by atoms with Crippen LogP contribution in [0.4, 0.5) is 0 Å². The van der Waals surface area contributed by atoms with Crippen molar-refractivity contribution in [1.82, 2.24) is 5.32 Å². The van der Waals surface area contributed by atoms with Crippen molar-refractivity contribution in [3.63, 3.8) is 0 Å². The fraction of sp³-hybridized carbons (Fsp3) is 1.00. The standard InChI is InChI=1S/C17H37N/c1-4-7-8-9-10-11-12-14-17(13-5-2)16-18-15-6-3/h17-18H,4-16H2,1-3H3. The molecule has 0 aromatic heterocycles. The Morgan fingerprint density at radius 1 is 0.667 bits per heavy atom. The Balaban J connectivity index is 3.39. The molecule has 0 spiro atoms. The van der Waals surface area contributed by atoms with Crippen LogP contribution in [0.25, 0.3) is 0 Å². The molecular weight excluding hydrogens is 218 g/mol. The topological polar surface area (TPSA) is 12.0 Å². The zero-order valence-corrected chi connectivity index (χ0v) is 13.3. The molecule has 0 aliphatic carbocycles. The summed E-state index contributed by atoms with van der Waals surface area (Å²) in [4.78, 5) is 0. The molecule has 18 heavy (non-hydrogen) atoms. The summed E-state index contributed by atoms with van der Waals surface area (Å²) >= 11 is 0. The van der Waals surface area contributed by atoms with E-state index in [4.69, 9.17) is 0 Å². The van der Waals surface area contributed by atoms with Gasteiger partial charge in [0.2, 0.25) is 0 Å². The summed E-state index contributed by atoms with van der Waals surface area (Å²) < 4.78 is 0. The minimum Gasteiger partial charge on any atom is -0.316 e. The highest BCUT2D eigenvalue weighted by Gasteiger charge is 2.06. The van der Waals surface area contributed by atoms with Crippen LogP contribution in [0, 0.1) is 5.92 Å². The molecule has 0 saturated carbocycles. The molecule has 1 nitrogen and oxygen atoms in total. The Labute approximate surface area is 116 Å². The predicted molar refractivity (Wildman–Crippen MR) is 84.2 cm³/mol. The van der Waals surface area contributed by atoms with Gasteiger partial charge in [0.1, 0.15) is 0 Å². The predicted octanol–water partition coefficient (Wildman–Crippen LogP) is 5.54. The Kier molecular flexibility index (Phi) is 15.0. The Bertz CT molecular complexity index is 145. The molecule has 1 heteroatoms. The van der Waals surface area contributed by atoms with Gasteiger partial charge in [-0.25, -0.2) is 0 Å². The van der Waals surface area contributed by atoms with Crippen molar-refractivity contribution < 1.29 is 0 Å². The summed E-state index contributed by atoms with van der Waals surface area (Å²) in [5.41, 5.74) is 0. The summed E-state index contributed by atoms with van der Waals surface area (Å²) in [5.74, 6) is 0.928. The average molecular weight is 255 g/mol. The van der Waals surface area contributed by atoms with E-state index in [1.165, 1.54) is 83.7 Å². The molecular formula is C17H37N. The lowest BCUT2D eigenvalue weighted by Gasteiger charge is -2.16. The molecule has 1 unspecified atom stereocenters.